The highest BCUT2D eigenvalue weighted by Crippen LogP contribution is 2.68. The van der Waals surface area contributed by atoms with Gasteiger partial charge in [0.05, 0.1) is 16.6 Å². The van der Waals surface area contributed by atoms with Crippen LogP contribution in [0.2, 0.25) is 0 Å². The van der Waals surface area contributed by atoms with Gasteiger partial charge in [0.2, 0.25) is 11.8 Å². The van der Waals surface area contributed by atoms with Gasteiger partial charge >= 0.3 is 0 Å². The highest BCUT2D eigenvalue weighted by atomic mass is 16.5. The number of piperidine rings is 1. The Labute approximate surface area is 162 Å². The van der Waals surface area contributed by atoms with Crippen molar-refractivity contribution < 1.29 is 14.3 Å². The van der Waals surface area contributed by atoms with Gasteiger partial charge in [-0.2, -0.15) is 0 Å². The molecule has 5 fully saturated rings. The van der Waals surface area contributed by atoms with Gasteiger partial charge in [-0.15, -0.1) is 0 Å². The molecule has 0 radical (unpaired) electrons. The summed E-state index contributed by atoms with van der Waals surface area (Å²) in [6.45, 7) is 2.33. The highest BCUT2D eigenvalue weighted by Gasteiger charge is 2.77. The molecule has 3 aliphatic heterocycles. The third kappa shape index (κ3) is 3.29. The fourth-order valence-electron chi connectivity index (χ4n) is 6.29. The van der Waals surface area contributed by atoms with E-state index in [1.807, 2.05) is 0 Å². The standard InChI is InChI=1S/C21H35N3O3/c1-22-18(26)20-13-19(14-20,27-21(20)9-11-23-12-10-21)15-24-17(25)8-7-16-5-3-2-4-6-16/h16,23H,2-15H2,1H3,(H,22,26)(H,24,25). The van der Waals surface area contributed by atoms with E-state index in [0.29, 0.717) is 13.0 Å². The first-order valence-corrected chi connectivity index (χ1v) is 10.9. The van der Waals surface area contributed by atoms with Crippen LogP contribution in [-0.4, -0.2) is 49.7 Å². The molecular formula is C21H35N3O3. The van der Waals surface area contributed by atoms with Crippen LogP contribution in [0.5, 0.6) is 0 Å². The number of carbonyl (C=O) groups excluding carboxylic acids is 2. The maximum atomic E-state index is 12.7. The van der Waals surface area contributed by atoms with Gasteiger partial charge in [0.1, 0.15) is 0 Å². The van der Waals surface area contributed by atoms with E-state index in [1.54, 1.807) is 7.05 Å². The fraction of sp³-hybridized carbons (Fsp3) is 0.905. The minimum atomic E-state index is -0.406. The molecule has 2 bridgehead atoms. The minimum absolute atomic E-state index is 0.112. The van der Waals surface area contributed by atoms with E-state index in [9.17, 15) is 9.59 Å². The first-order valence-electron chi connectivity index (χ1n) is 10.9. The Morgan fingerprint density at radius 1 is 1.11 bits per heavy atom. The van der Waals surface area contributed by atoms with E-state index in [-0.39, 0.29) is 23.0 Å². The second kappa shape index (κ2) is 7.36. The van der Waals surface area contributed by atoms with Crippen molar-refractivity contribution in [1.82, 2.24) is 16.0 Å². The Hall–Kier alpha value is -1.14. The second-order valence-electron chi connectivity index (χ2n) is 9.36. The summed E-state index contributed by atoms with van der Waals surface area (Å²) in [6.07, 6.45) is 11.4. The van der Waals surface area contributed by atoms with Crippen LogP contribution in [-0.2, 0) is 14.3 Å². The summed E-state index contributed by atoms with van der Waals surface area (Å²) >= 11 is 0. The molecule has 2 amide bonds. The van der Waals surface area contributed by atoms with E-state index in [2.05, 4.69) is 16.0 Å². The first-order chi connectivity index (χ1) is 13.0. The molecule has 0 atom stereocenters. The van der Waals surface area contributed by atoms with Gasteiger partial charge < -0.3 is 20.7 Å². The number of hydrogen-bond donors (Lipinski definition) is 3. The lowest BCUT2D eigenvalue weighted by Crippen LogP contribution is -2.61. The summed E-state index contributed by atoms with van der Waals surface area (Å²) in [6, 6.07) is 0. The summed E-state index contributed by atoms with van der Waals surface area (Å²) in [5.41, 5.74) is -1.10. The molecule has 27 heavy (non-hydrogen) atoms. The van der Waals surface area contributed by atoms with Crippen LogP contribution < -0.4 is 16.0 Å². The zero-order valence-corrected chi connectivity index (χ0v) is 16.7. The smallest absolute Gasteiger partial charge is 0.229 e. The van der Waals surface area contributed by atoms with Gasteiger partial charge in [-0.25, -0.2) is 0 Å². The van der Waals surface area contributed by atoms with Crippen LogP contribution >= 0.6 is 0 Å². The van der Waals surface area contributed by atoms with Crippen molar-refractivity contribution in [2.24, 2.45) is 11.3 Å². The molecule has 0 aromatic heterocycles. The Morgan fingerprint density at radius 2 is 1.81 bits per heavy atom. The van der Waals surface area contributed by atoms with E-state index >= 15 is 0 Å². The largest absolute Gasteiger partial charge is 0.365 e. The topological polar surface area (TPSA) is 79.5 Å². The summed E-state index contributed by atoms with van der Waals surface area (Å²) in [5.74, 6) is 0.983. The summed E-state index contributed by atoms with van der Waals surface area (Å²) < 4.78 is 6.61. The van der Waals surface area contributed by atoms with Crippen molar-refractivity contribution in [3.63, 3.8) is 0 Å². The average molecular weight is 378 g/mol. The molecule has 0 unspecified atom stereocenters. The van der Waals surface area contributed by atoms with Crippen LogP contribution in [0.15, 0.2) is 0 Å². The normalized spacial score (nSPS) is 34.9. The highest BCUT2D eigenvalue weighted by molar-refractivity contribution is 5.86. The zero-order chi connectivity index (χ0) is 19.0. The number of amides is 2. The molecule has 3 heterocycles. The van der Waals surface area contributed by atoms with Crippen molar-refractivity contribution in [3.05, 3.63) is 0 Å². The first kappa shape index (κ1) is 19.2. The van der Waals surface area contributed by atoms with E-state index < -0.39 is 5.41 Å². The van der Waals surface area contributed by atoms with Gasteiger partial charge in [0, 0.05) is 20.0 Å². The number of hydrogen-bond acceptors (Lipinski definition) is 4. The fourth-order valence-corrected chi connectivity index (χ4v) is 6.29. The lowest BCUT2D eigenvalue weighted by atomic mass is 9.53. The molecule has 3 N–H and O–H groups in total. The van der Waals surface area contributed by atoms with Crippen LogP contribution in [0, 0.1) is 11.3 Å². The van der Waals surface area contributed by atoms with Gasteiger partial charge in [-0.1, -0.05) is 32.1 Å². The molecule has 152 valence electrons. The quantitative estimate of drug-likeness (QED) is 0.660. The van der Waals surface area contributed by atoms with Crippen molar-refractivity contribution in [1.29, 1.82) is 0 Å². The van der Waals surface area contributed by atoms with Gasteiger partial charge in [0.25, 0.3) is 0 Å². The van der Waals surface area contributed by atoms with Gasteiger partial charge in [0.15, 0.2) is 0 Å². The number of ether oxygens (including phenoxy) is 1. The predicted molar refractivity (Wildman–Crippen MR) is 103 cm³/mol. The Morgan fingerprint density at radius 3 is 2.48 bits per heavy atom. The third-order valence-electron chi connectivity index (χ3n) is 7.72. The van der Waals surface area contributed by atoms with Crippen LogP contribution in [0.4, 0.5) is 0 Å². The molecule has 5 rings (SSSR count). The third-order valence-corrected chi connectivity index (χ3v) is 7.72. The summed E-state index contributed by atoms with van der Waals surface area (Å²) in [7, 11) is 1.72. The van der Waals surface area contributed by atoms with Crippen molar-refractivity contribution in [2.45, 2.75) is 81.8 Å². The summed E-state index contributed by atoms with van der Waals surface area (Å²) in [4.78, 5) is 25.1. The number of carbonyl (C=O) groups is 2. The molecule has 5 aliphatic rings. The summed E-state index contributed by atoms with van der Waals surface area (Å²) in [5, 5.41) is 9.37. The molecule has 6 nitrogen and oxygen atoms in total. The Kier molecular flexibility index (Phi) is 5.23. The van der Waals surface area contributed by atoms with Crippen LogP contribution in [0.1, 0.15) is 70.6 Å². The van der Waals surface area contributed by atoms with Gasteiger partial charge in [-0.3, -0.25) is 9.59 Å². The molecular weight excluding hydrogens is 342 g/mol. The molecule has 6 heteroatoms. The monoisotopic (exact) mass is 377 g/mol. The second-order valence-corrected chi connectivity index (χ2v) is 9.36. The Balaban J connectivity index is 1.32. The van der Waals surface area contributed by atoms with Gasteiger partial charge in [-0.05, 0) is 51.1 Å². The van der Waals surface area contributed by atoms with E-state index in [4.69, 9.17) is 4.74 Å². The molecule has 2 saturated carbocycles. The molecule has 0 aromatic carbocycles. The maximum Gasteiger partial charge on any atom is 0.229 e. The Bertz CT molecular complexity index is 573. The molecule has 3 saturated heterocycles. The number of nitrogens with one attached hydrogen (secondary N) is 3. The maximum absolute atomic E-state index is 12.7. The SMILES string of the molecule is CNC(=O)C12CC(CNC(=O)CCC3CCCCC3)(C1)OC21CCNCC1. The molecule has 0 aromatic rings. The lowest BCUT2D eigenvalue weighted by molar-refractivity contribution is -0.140. The van der Waals surface area contributed by atoms with Crippen molar-refractivity contribution in [2.75, 3.05) is 26.7 Å². The lowest BCUT2D eigenvalue weighted by Gasteiger charge is -2.47. The number of rotatable bonds is 6. The predicted octanol–water partition coefficient (Wildman–Crippen LogP) is 1.88. The van der Waals surface area contributed by atoms with Crippen molar-refractivity contribution in [3.8, 4) is 0 Å². The van der Waals surface area contributed by atoms with Crippen molar-refractivity contribution >= 4 is 11.8 Å². The molecule has 1 spiro atoms. The average Bonchev–Trinajstić information content (AvgIpc) is 3.09. The minimum Gasteiger partial charge on any atom is -0.365 e. The molecule has 2 aliphatic carbocycles. The van der Waals surface area contributed by atoms with Crippen LogP contribution in [0.25, 0.3) is 0 Å². The van der Waals surface area contributed by atoms with E-state index in [0.717, 1.165) is 51.1 Å². The van der Waals surface area contributed by atoms with Crippen LogP contribution in [0.3, 0.4) is 0 Å². The zero-order valence-electron chi connectivity index (χ0n) is 16.7. The van der Waals surface area contributed by atoms with E-state index in [1.165, 1.54) is 32.1 Å².